The number of aromatic nitrogens is 2. The number of benzene rings is 1. The molecule has 12 nitrogen and oxygen atoms in total. The van der Waals surface area contributed by atoms with Gasteiger partial charge in [-0.05, 0) is 36.2 Å². The van der Waals surface area contributed by atoms with Gasteiger partial charge in [0, 0.05) is 36.5 Å². The van der Waals surface area contributed by atoms with Gasteiger partial charge in [0.2, 0.25) is 17.7 Å². The van der Waals surface area contributed by atoms with E-state index in [1.165, 1.54) is 0 Å². The third-order valence-electron chi connectivity index (χ3n) is 5.76. The number of fused-ring (bicyclic) bond motifs is 3. The van der Waals surface area contributed by atoms with Crippen molar-refractivity contribution < 1.29 is 33.8 Å². The smallest absolute Gasteiger partial charge is 0.404 e. The Morgan fingerprint density at radius 2 is 1.94 bits per heavy atom. The Bertz CT molecular complexity index is 1290. The summed E-state index contributed by atoms with van der Waals surface area (Å²) in [6, 6.07) is 8.97. The van der Waals surface area contributed by atoms with E-state index < -0.39 is 12.1 Å². The predicted molar refractivity (Wildman–Crippen MR) is 128 cm³/mol. The van der Waals surface area contributed by atoms with Gasteiger partial charge < -0.3 is 29.8 Å². The summed E-state index contributed by atoms with van der Waals surface area (Å²) in [5.74, 6) is -0.891. The third kappa shape index (κ3) is 5.96. The molecule has 12 heteroatoms. The Balaban J connectivity index is 1.35. The van der Waals surface area contributed by atoms with Crippen LogP contribution in [0.2, 0.25) is 0 Å². The van der Waals surface area contributed by atoms with Crippen molar-refractivity contribution in [2.24, 2.45) is 0 Å². The summed E-state index contributed by atoms with van der Waals surface area (Å²) in [5, 5.41) is 17.6. The number of carbonyl (C=O) groups excluding carboxylic acids is 3. The topological polar surface area (TPSA) is 161 Å². The number of rotatable bonds is 11. The number of amides is 4. The molecule has 1 fully saturated rings. The third-order valence-corrected chi connectivity index (χ3v) is 5.76. The first-order valence-corrected chi connectivity index (χ1v) is 11.5. The zero-order valence-electron chi connectivity index (χ0n) is 19.5. The van der Waals surface area contributed by atoms with Gasteiger partial charge in [-0.15, -0.1) is 0 Å². The summed E-state index contributed by atoms with van der Waals surface area (Å²) in [6.45, 7) is 1.02. The van der Waals surface area contributed by atoms with Gasteiger partial charge in [0.05, 0.1) is 25.3 Å². The molecule has 0 aliphatic carbocycles. The highest BCUT2D eigenvalue weighted by Crippen LogP contribution is 2.33. The number of carboxylic acid groups (broad SMARTS) is 1. The van der Waals surface area contributed by atoms with Crippen LogP contribution in [-0.2, 0) is 30.4 Å². The van der Waals surface area contributed by atoms with Crippen LogP contribution in [0.15, 0.2) is 36.5 Å². The summed E-state index contributed by atoms with van der Waals surface area (Å²) >= 11 is 0. The fraction of sp³-hybridized carbons (Fsp3) is 0.375. The van der Waals surface area contributed by atoms with Gasteiger partial charge in [0.15, 0.2) is 0 Å². The van der Waals surface area contributed by atoms with E-state index in [1.807, 2.05) is 34.9 Å². The van der Waals surface area contributed by atoms with E-state index in [4.69, 9.17) is 14.6 Å². The molecule has 36 heavy (non-hydrogen) atoms. The SMILES string of the molecule is O=C(O)NCCOCCOCC(=O)NCc1ccc2c(c1)c1cccnc1n2C1CCC(=O)NC1=O. The van der Waals surface area contributed by atoms with Crippen LogP contribution in [-0.4, -0.2) is 71.4 Å². The van der Waals surface area contributed by atoms with Crippen molar-refractivity contribution in [1.82, 2.24) is 25.5 Å². The summed E-state index contributed by atoms with van der Waals surface area (Å²) in [4.78, 5) is 51.1. The molecule has 4 rings (SSSR count). The molecule has 3 heterocycles. The zero-order chi connectivity index (χ0) is 25.5. The molecule has 1 atom stereocenters. The lowest BCUT2D eigenvalue weighted by Crippen LogP contribution is -2.41. The van der Waals surface area contributed by atoms with Crippen LogP contribution in [0, 0.1) is 0 Å². The molecule has 190 valence electrons. The van der Waals surface area contributed by atoms with Crippen LogP contribution in [0.3, 0.4) is 0 Å². The Labute approximate surface area is 205 Å². The van der Waals surface area contributed by atoms with Crippen molar-refractivity contribution in [3.63, 3.8) is 0 Å². The van der Waals surface area contributed by atoms with E-state index in [0.717, 1.165) is 21.9 Å². The number of carbonyl (C=O) groups is 4. The summed E-state index contributed by atoms with van der Waals surface area (Å²) in [5.41, 5.74) is 2.36. The lowest BCUT2D eigenvalue weighted by molar-refractivity contribution is -0.135. The van der Waals surface area contributed by atoms with Gasteiger partial charge in [-0.1, -0.05) is 6.07 Å². The first kappa shape index (κ1) is 25.1. The van der Waals surface area contributed by atoms with Gasteiger partial charge in [-0.25, -0.2) is 9.78 Å². The standard InChI is InChI=1S/C24H27N5O7/c30-20-6-5-19(23(32)28-20)29-18-4-3-15(12-17(18)16-2-1-7-25-22(16)29)13-27-21(31)14-36-11-10-35-9-8-26-24(33)34/h1-4,7,12,19,26H,5-6,8-11,13-14H2,(H,27,31)(H,33,34)(H,28,30,32). The highest BCUT2D eigenvalue weighted by atomic mass is 16.5. The minimum Gasteiger partial charge on any atom is -0.465 e. The molecule has 0 saturated carbocycles. The number of pyridine rings is 1. The largest absolute Gasteiger partial charge is 0.465 e. The number of imide groups is 1. The number of hydrogen-bond acceptors (Lipinski definition) is 7. The van der Waals surface area contributed by atoms with Crippen LogP contribution in [0.1, 0.15) is 24.4 Å². The lowest BCUT2D eigenvalue weighted by Gasteiger charge is -2.23. The summed E-state index contributed by atoms with van der Waals surface area (Å²) < 4.78 is 12.4. The average Bonchev–Trinajstić information content (AvgIpc) is 3.18. The van der Waals surface area contributed by atoms with E-state index in [2.05, 4.69) is 20.9 Å². The number of ether oxygens (including phenoxy) is 2. The Morgan fingerprint density at radius 1 is 1.11 bits per heavy atom. The first-order chi connectivity index (χ1) is 17.4. The van der Waals surface area contributed by atoms with E-state index in [1.54, 1.807) is 6.20 Å². The fourth-order valence-corrected chi connectivity index (χ4v) is 4.14. The van der Waals surface area contributed by atoms with E-state index in [0.29, 0.717) is 18.6 Å². The lowest BCUT2D eigenvalue weighted by atomic mass is 10.1. The van der Waals surface area contributed by atoms with Gasteiger partial charge >= 0.3 is 6.09 Å². The number of nitrogens with one attached hydrogen (secondary N) is 3. The van der Waals surface area contributed by atoms with Crippen molar-refractivity contribution in [2.75, 3.05) is 33.0 Å². The Kier molecular flexibility index (Phi) is 8.08. The molecule has 3 aromatic rings. The fourth-order valence-electron chi connectivity index (χ4n) is 4.14. The van der Waals surface area contributed by atoms with Crippen LogP contribution in [0.25, 0.3) is 21.9 Å². The van der Waals surface area contributed by atoms with Gasteiger partial charge in [-0.2, -0.15) is 0 Å². The zero-order valence-corrected chi connectivity index (χ0v) is 19.5. The molecule has 1 aromatic carbocycles. The number of nitrogens with zero attached hydrogens (tertiary/aromatic N) is 2. The van der Waals surface area contributed by atoms with Crippen molar-refractivity contribution >= 4 is 45.8 Å². The van der Waals surface area contributed by atoms with E-state index in [9.17, 15) is 19.2 Å². The molecular weight excluding hydrogens is 470 g/mol. The second kappa shape index (κ2) is 11.6. The van der Waals surface area contributed by atoms with Gasteiger partial charge in [0.25, 0.3) is 0 Å². The van der Waals surface area contributed by atoms with Gasteiger partial charge in [0.1, 0.15) is 18.3 Å². The summed E-state index contributed by atoms with van der Waals surface area (Å²) in [6.07, 6.45) is 1.23. The van der Waals surface area contributed by atoms with Crippen LogP contribution >= 0.6 is 0 Å². The maximum absolute atomic E-state index is 12.6. The monoisotopic (exact) mass is 497 g/mol. The first-order valence-electron chi connectivity index (χ1n) is 11.5. The van der Waals surface area contributed by atoms with Crippen LogP contribution in [0.5, 0.6) is 0 Å². The minimum absolute atomic E-state index is 0.127. The minimum atomic E-state index is -1.11. The Hall–Kier alpha value is -4.03. The van der Waals surface area contributed by atoms with Crippen molar-refractivity contribution in [3.05, 3.63) is 42.1 Å². The highest BCUT2D eigenvalue weighted by molar-refractivity contribution is 6.09. The second-order valence-electron chi connectivity index (χ2n) is 8.24. The molecule has 1 saturated heterocycles. The van der Waals surface area contributed by atoms with E-state index in [-0.39, 0.29) is 57.1 Å². The quantitative estimate of drug-likeness (QED) is 0.226. The normalized spacial score (nSPS) is 15.7. The molecule has 4 N–H and O–H groups in total. The molecule has 0 spiro atoms. The maximum Gasteiger partial charge on any atom is 0.404 e. The molecular formula is C24H27N5O7. The Morgan fingerprint density at radius 3 is 2.75 bits per heavy atom. The molecule has 4 amide bonds. The summed E-state index contributed by atoms with van der Waals surface area (Å²) in [7, 11) is 0. The van der Waals surface area contributed by atoms with Crippen molar-refractivity contribution in [1.29, 1.82) is 0 Å². The molecule has 2 aromatic heterocycles. The van der Waals surface area contributed by atoms with E-state index >= 15 is 0 Å². The predicted octanol–water partition coefficient (Wildman–Crippen LogP) is 1.08. The molecule has 1 aliphatic heterocycles. The van der Waals surface area contributed by atoms with Crippen molar-refractivity contribution in [2.45, 2.75) is 25.4 Å². The van der Waals surface area contributed by atoms with Crippen molar-refractivity contribution in [3.8, 4) is 0 Å². The van der Waals surface area contributed by atoms with Gasteiger partial charge in [-0.3, -0.25) is 19.7 Å². The van der Waals surface area contributed by atoms with Crippen LogP contribution in [0.4, 0.5) is 4.79 Å². The molecule has 1 aliphatic rings. The molecule has 1 unspecified atom stereocenters. The molecule has 0 radical (unpaired) electrons. The number of hydrogen-bond donors (Lipinski definition) is 4. The highest BCUT2D eigenvalue weighted by Gasteiger charge is 2.30. The maximum atomic E-state index is 12.6. The van der Waals surface area contributed by atoms with Crippen LogP contribution < -0.4 is 16.0 Å². The molecule has 0 bridgehead atoms. The second-order valence-corrected chi connectivity index (χ2v) is 8.24. The number of piperidine rings is 1. The average molecular weight is 498 g/mol.